The number of sulfone groups is 1. The zero-order valence-electron chi connectivity index (χ0n) is 12.2. The van der Waals surface area contributed by atoms with Gasteiger partial charge in [0.25, 0.3) is 0 Å². The molecular weight excluding hydrogens is 300 g/mol. The van der Waals surface area contributed by atoms with Crippen LogP contribution in [0.3, 0.4) is 0 Å². The highest BCUT2D eigenvalue weighted by Gasteiger charge is 2.46. The number of Topliss-reactive ketones (excluding diaryl/α,β-unsaturated/α-hetero) is 1. The van der Waals surface area contributed by atoms with E-state index < -0.39 is 9.84 Å². The van der Waals surface area contributed by atoms with Gasteiger partial charge in [-0.25, -0.2) is 8.42 Å². The Morgan fingerprint density at radius 3 is 2.55 bits per heavy atom. The van der Waals surface area contributed by atoms with Gasteiger partial charge in [-0.05, 0) is 49.9 Å². The first kappa shape index (κ1) is 14.0. The smallest absolute Gasteiger partial charge is 0.166 e. The van der Waals surface area contributed by atoms with Crippen LogP contribution in [-0.4, -0.2) is 24.7 Å². The molecule has 0 aliphatic carbocycles. The molecule has 0 amide bonds. The fourth-order valence-corrected chi connectivity index (χ4v) is 6.51. The molecule has 1 aromatic heterocycles. The van der Waals surface area contributed by atoms with E-state index in [1.807, 2.05) is 18.2 Å². The summed E-state index contributed by atoms with van der Waals surface area (Å²) in [5.74, 6) is -0.0851. The summed E-state index contributed by atoms with van der Waals surface area (Å²) in [5.41, 5.74) is 1.43. The number of carbonyl (C=O) groups is 1. The van der Waals surface area contributed by atoms with Gasteiger partial charge in [0.1, 0.15) is 5.58 Å². The van der Waals surface area contributed by atoms with Gasteiger partial charge in [-0.2, -0.15) is 0 Å². The van der Waals surface area contributed by atoms with Crippen LogP contribution in [0.1, 0.15) is 42.5 Å². The van der Waals surface area contributed by atoms with Crippen LogP contribution in [0.5, 0.6) is 0 Å². The quantitative estimate of drug-likeness (QED) is 0.796. The molecule has 2 bridgehead atoms. The summed E-state index contributed by atoms with van der Waals surface area (Å²) in [4.78, 5) is 12.8. The van der Waals surface area contributed by atoms with E-state index in [0.717, 1.165) is 17.4 Å². The van der Waals surface area contributed by atoms with Crippen molar-refractivity contribution in [2.75, 3.05) is 0 Å². The normalized spacial score (nSPS) is 30.3. The van der Waals surface area contributed by atoms with Crippen LogP contribution in [0.25, 0.3) is 11.0 Å². The van der Waals surface area contributed by atoms with Gasteiger partial charge in [-0.1, -0.05) is 6.42 Å². The van der Waals surface area contributed by atoms with E-state index in [2.05, 4.69) is 0 Å². The number of hydrogen-bond acceptors (Lipinski definition) is 4. The average Bonchev–Trinajstić information content (AvgIpc) is 2.92. The van der Waals surface area contributed by atoms with Crippen molar-refractivity contribution in [2.45, 2.75) is 42.6 Å². The second kappa shape index (κ2) is 4.95. The molecule has 2 aromatic rings. The molecule has 5 heteroatoms. The lowest BCUT2D eigenvalue weighted by atomic mass is 9.84. The van der Waals surface area contributed by atoms with Gasteiger partial charge in [0.15, 0.2) is 15.6 Å². The van der Waals surface area contributed by atoms with Gasteiger partial charge in [-0.15, -0.1) is 0 Å². The minimum Gasteiger partial charge on any atom is -0.464 e. The van der Waals surface area contributed by atoms with Gasteiger partial charge < -0.3 is 4.42 Å². The molecule has 2 saturated heterocycles. The average molecular weight is 318 g/mol. The lowest BCUT2D eigenvalue weighted by Crippen LogP contribution is -2.45. The first-order chi connectivity index (χ1) is 10.6. The SMILES string of the molecule is O=C(c1ccc2occc2c1)C1CC2CCCC(C1)S2(=O)=O. The first-order valence-electron chi connectivity index (χ1n) is 7.80. The summed E-state index contributed by atoms with van der Waals surface area (Å²) in [7, 11) is -3.01. The van der Waals surface area contributed by atoms with Crippen molar-refractivity contribution >= 4 is 26.6 Å². The Bertz CT molecular complexity index is 813. The fraction of sp³-hybridized carbons (Fsp3) is 0.471. The topological polar surface area (TPSA) is 64.3 Å². The first-order valence-corrected chi connectivity index (χ1v) is 9.41. The number of benzene rings is 1. The predicted molar refractivity (Wildman–Crippen MR) is 83.6 cm³/mol. The molecule has 2 aliphatic heterocycles. The summed E-state index contributed by atoms with van der Waals surface area (Å²) in [5, 5.41) is 0.285. The largest absolute Gasteiger partial charge is 0.464 e. The number of carbonyl (C=O) groups excluding carboxylic acids is 1. The van der Waals surface area contributed by atoms with E-state index in [9.17, 15) is 13.2 Å². The molecule has 2 unspecified atom stereocenters. The molecule has 4 rings (SSSR count). The summed E-state index contributed by atoms with van der Waals surface area (Å²) < 4.78 is 29.9. The van der Waals surface area contributed by atoms with E-state index >= 15 is 0 Å². The highest BCUT2D eigenvalue weighted by molar-refractivity contribution is 7.92. The van der Waals surface area contributed by atoms with Crippen LogP contribution in [0.15, 0.2) is 34.9 Å². The third-order valence-electron chi connectivity index (χ3n) is 5.18. The van der Waals surface area contributed by atoms with Crippen LogP contribution in [0.2, 0.25) is 0 Å². The maximum absolute atomic E-state index is 12.8. The maximum atomic E-state index is 12.8. The summed E-state index contributed by atoms with van der Waals surface area (Å²) in [6.07, 6.45) is 4.97. The molecule has 4 nitrogen and oxygen atoms in total. The molecule has 22 heavy (non-hydrogen) atoms. The van der Waals surface area contributed by atoms with Gasteiger partial charge in [0, 0.05) is 16.9 Å². The Morgan fingerprint density at radius 2 is 1.82 bits per heavy atom. The van der Waals surface area contributed by atoms with E-state index in [-0.39, 0.29) is 22.2 Å². The lowest BCUT2D eigenvalue weighted by Gasteiger charge is -2.38. The van der Waals surface area contributed by atoms with Gasteiger partial charge in [-0.3, -0.25) is 4.79 Å². The third-order valence-corrected chi connectivity index (χ3v) is 7.90. The van der Waals surface area contributed by atoms with Crippen molar-refractivity contribution in [1.82, 2.24) is 0 Å². The number of ketones is 1. The van der Waals surface area contributed by atoms with Crippen molar-refractivity contribution in [2.24, 2.45) is 5.92 Å². The number of fused-ring (bicyclic) bond motifs is 3. The summed E-state index contributed by atoms with van der Waals surface area (Å²) in [6.45, 7) is 0. The monoisotopic (exact) mass is 318 g/mol. The zero-order valence-corrected chi connectivity index (χ0v) is 13.0. The van der Waals surface area contributed by atoms with E-state index in [1.54, 1.807) is 12.3 Å². The second-order valence-corrected chi connectivity index (χ2v) is 8.98. The molecule has 1 aromatic carbocycles. The lowest BCUT2D eigenvalue weighted by molar-refractivity contribution is 0.0894. The molecule has 2 aliphatic rings. The van der Waals surface area contributed by atoms with Crippen molar-refractivity contribution in [3.8, 4) is 0 Å². The minimum absolute atomic E-state index is 0.0786. The van der Waals surface area contributed by atoms with Crippen molar-refractivity contribution < 1.29 is 17.6 Å². The van der Waals surface area contributed by atoms with Crippen LogP contribution >= 0.6 is 0 Å². The Hall–Kier alpha value is -1.62. The molecular formula is C17H18O4S. The molecule has 2 fully saturated rings. The molecule has 0 spiro atoms. The highest BCUT2D eigenvalue weighted by atomic mass is 32.2. The summed E-state index contributed by atoms with van der Waals surface area (Å²) >= 11 is 0. The Morgan fingerprint density at radius 1 is 1.09 bits per heavy atom. The number of rotatable bonds is 2. The van der Waals surface area contributed by atoms with Gasteiger partial charge >= 0.3 is 0 Å². The second-order valence-electron chi connectivity index (χ2n) is 6.47. The number of furan rings is 1. The third kappa shape index (κ3) is 2.10. The van der Waals surface area contributed by atoms with Crippen LogP contribution < -0.4 is 0 Å². The highest BCUT2D eigenvalue weighted by Crippen LogP contribution is 2.40. The van der Waals surface area contributed by atoms with E-state index in [0.29, 0.717) is 31.2 Å². The van der Waals surface area contributed by atoms with E-state index in [1.165, 1.54) is 0 Å². The molecule has 2 atom stereocenters. The number of hydrogen-bond donors (Lipinski definition) is 0. The van der Waals surface area contributed by atoms with Gasteiger partial charge in [0.2, 0.25) is 0 Å². The Kier molecular flexibility index (Phi) is 3.15. The Balaban J connectivity index is 1.63. The maximum Gasteiger partial charge on any atom is 0.166 e. The molecule has 116 valence electrons. The zero-order chi connectivity index (χ0) is 15.3. The van der Waals surface area contributed by atoms with E-state index in [4.69, 9.17) is 4.42 Å². The van der Waals surface area contributed by atoms with Crippen LogP contribution in [0, 0.1) is 5.92 Å². The molecule has 0 N–H and O–H groups in total. The molecule has 3 heterocycles. The molecule has 0 radical (unpaired) electrons. The summed E-state index contributed by atoms with van der Waals surface area (Å²) in [6, 6.07) is 7.28. The molecule has 0 saturated carbocycles. The standard InChI is InChI=1S/C17H18O4S/c18-17(12-4-5-16-11(8-12)6-7-21-16)13-9-14-2-1-3-15(10-13)22(14,19)20/h4-8,13-15H,1-3,9-10H2. The Labute approximate surface area is 129 Å². The van der Waals surface area contributed by atoms with Crippen molar-refractivity contribution in [3.63, 3.8) is 0 Å². The van der Waals surface area contributed by atoms with Crippen LogP contribution in [-0.2, 0) is 9.84 Å². The van der Waals surface area contributed by atoms with Crippen molar-refractivity contribution in [3.05, 3.63) is 36.1 Å². The fourth-order valence-electron chi connectivity index (χ4n) is 3.98. The van der Waals surface area contributed by atoms with Crippen molar-refractivity contribution in [1.29, 1.82) is 0 Å². The van der Waals surface area contributed by atoms with Crippen LogP contribution in [0.4, 0.5) is 0 Å². The minimum atomic E-state index is -3.01. The van der Waals surface area contributed by atoms with Gasteiger partial charge in [0.05, 0.1) is 16.8 Å². The predicted octanol–water partition coefficient (Wildman–Crippen LogP) is 3.36.